The number of carbonyl (C=O) groups excluding carboxylic acids is 1. The minimum Gasteiger partial charge on any atom is -0.294 e. The molecular formula is C15H20N4OS. The van der Waals surface area contributed by atoms with Gasteiger partial charge in [0, 0.05) is 32.4 Å². The van der Waals surface area contributed by atoms with E-state index in [4.69, 9.17) is 0 Å². The molecule has 112 valence electrons. The molecule has 3 rings (SSSR count). The first-order valence-corrected chi connectivity index (χ1v) is 8.12. The Labute approximate surface area is 128 Å². The predicted octanol–water partition coefficient (Wildman–Crippen LogP) is 2.11. The molecule has 21 heavy (non-hydrogen) atoms. The maximum absolute atomic E-state index is 12.7. The highest BCUT2D eigenvalue weighted by atomic mass is 32.1. The number of aryl methyl sites for hydroxylation is 1. The Bertz CT molecular complexity index is 607. The van der Waals surface area contributed by atoms with Crippen LogP contribution in [0.1, 0.15) is 18.4 Å². The molecule has 0 aromatic carbocycles. The van der Waals surface area contributed by atoms with Gasteiger partial charge in [0.1, 0.15) is 0 Å². The third-order valence-corrected chi connectivity index (χ3v) is 4.66. The minimum absolute atomic E-state index is 0.0549. The zero-order valence-electron chi connectivity index (χ0n) is 12.4. The summed E-state index contributed by atoms with van der Waals surface area (Å²) in [5.74, 6) is 0.925. The van der Waals surface area contributed by atoms with Gasteiger partial charge in [0.15, 0.2) is 5.82 Å². The van der Waals surface area contributed by atoms with Crippen LogP contribution >= 0.6 is 11.3 Å². The lowest BCUT2D eigenvalue weighted by atomic mass is 10.0. The highest BCUT2D eigenvalue weighted by molar-refractivity contribution is 7.07. The van der Waals surface area contributed by atoms with Gasteiger partial charge in [-0.3, -0.25) is 19.3 Å². The second-order valence-electron chi connectivity index (χ2n) is 5.54. The van der Waals surface area contributed by atoms with Gasteiger partial charge >= 0.3 is 0 Å². The lowest BCUT2D eigenvalue weighted by molar-refractivity contribution is -0.125. The lowest BCUT2D eigenvalue weighted by Gasteiger charge is -2.35. The lowest BCUT2D eigenvalue weighted by Crippen LogP contribution is -2.51. The summed E-state index contributed by atoms with van der Waals surface area (Å²) < 4.78 is 1.74. The van der Waals surface area contributed by atoms with Crippen molar-refractivity contribution in [3.63, 3.8) is 0 Å². The van der Waals surface area contributed by atoms with E-state index in [1.807, 2.05) is 31.3 Å². The van der Waals surface area contributed by atoms with E-state index in [0.29, 0.717) is 0 Å². The first-order chi connectivity index (χ1) is 10.1. The highest BCUT2D eigenvalue weighted by Crippen LogP contribution is 2.23. The van der Waals surface area contributed by atoms with E-state index < -0.39 is 0 Å². The van der Waals surface area contributed by atoms with E-state index in [2.05, 4.69) is 26.8 Å². The molecule has 2 aromatic heterocycles. The number of nitrogens with zero attached hydrogens (tertiary/aromatic N) is 4. The fraction of sp³-hybridized carbons (Fsp3) is 0.467. The van der Waals surface area contributed by atoms with Gasteiger partial charge in [-0.15, -0.1) is 0 Å². The Kier molecular flexibility index (Phi) is 4.07. The zero-order valence-corrected chi connectivity index (χ0v) is 13.2. The summed E-state index contributed by atoms with van der Waals surface area (Å²) in [6, 6.07) is 3.96. The van der Waals surface area contributed by atoms with Gasteiger partial charge in [0.2, 0.25) is 5.91 Å². The summed E-state index contributed by atoms with van der Waals surface area (Å²) in [5, 5.41) is 8.57. The summed E-state index contributed by atoms with van der Waals surface area (Å²) in [6.45, 7) is 1.58. The second kappa shape index (κ2) is 5.99. The van der Waals surface area contributed by atoms with E-state index in [1.54, 1.807) is 16.0 Å². The third kappa shape index (κ3) is 3.01. The normalized spacial score (nSPS) is 19.5. The molecule has 0 bridgehead atoms. The molecule has 0 spiro atoms. The van der Waals surface area contributed by atoms with Crippen LogP contribution < -0.4 is 4.90 Å². The fourth-order valence-corrected chi connectivity index (χ4v) is 3.48. The SMILES string of the molecule is CN(Cc1ccsc1)[C@H]1CCCN(c2ccn(C)n2)C1=O. The zero-order chi connectivity index (χ0) is 14.8. The molecular weight excluding hydrogens is 284 g/mol. The third-order valence-electron chi connectivity index (χ3n) is 3.93. The van der Waals surface area contributed by atoms with Crippen LogP contribution in [-0.4, -0.2) is 40.2 Å². The molecule has 2 aromatic rings. The number of thiophene rings is 1. The van der Waals surface area contributed by atoms with E-state index in [-0.39, 0.29) is 11.9 Å². The Balaban J connectivity index is 1.72. The molecule has 6 heteroatoms. The van der Waals surface area contributed by atoms with Crippen LogP contribution in [0.3, 0.4) is 0 Å². The number of rotatable bonds is 4. The van der Waals surface area contributed by atoms with Crippen molar-refractivity contribution in [2.24, 2.45) is 7.05 Å². The summed E-state index contributed by atoms with van der Waals surface area (Å²) in [4.78, 5) is 16.7. The van der Waals surface area contributed by atoms with E-state index in [9.17, 15) is 4.79 Å². The fourth-order valence-electron chi connectivity index (χ4n) is 2.82. The van der Waals surface area contributed by atoms with Crippen LogP contribution in [0.4, 0.5) is 5.82 Å². The molecule has 1 aliphatic heterocycles. The number of amides is 1. The largest absolute Gasteiger partial charge is 0.294 e. The van der Waals surface area contributed by atoms with Gasteiger partial charge in [0.25, 0.3) is 0 Å². The first-order valence-electron chi connectivity index (χ1n) is 7.17. The van der Waals surface area contributed by atoms with Crippen molar-refractivity contribution in [2.75, 3.05) is 18.5 Å². The van der Waals surface area contributed by atoms with E-state index >= 15 is 0 Å². The van der Waals surface area contributed by atoms with Gasteiger partial charge in [0.05, 0.1) is 6.04 Å². The van der Waals surface area contributed by atoms with Crippen molar-refractivity contribution >= 4 is 23.1 Å². The Hall–Kier alpha value is -1.66. The quantitative estimate of drug-likeness (QED) is 0.869. The van der Waals surface area contributed by atoms with E-state index in [1.165, 1.54) is 5.56 Å². The van der Waals surface area contributed by atoms with E-state index in [0.717, 1.165) is 31.7 Å². The Morgan fingerprint density at radius 1 is 1.48 bits per heavy atom. The van der Waals surface area contributed by atoms with Crippen LogP contribution in [0.5, 0.6) is 0 Å². The van der Waals surface area contributed by atoms with Crippen molar-refractivity contribution in [1.82, 2.24) is 14.7 Å². The van der Waals surface area contributed by atoms with Gasteiger partial charge in [-0.05, 0) is 42.3 Å². The van der Waals surface area contributed by atoms with Gasteiger partial charge in [-0.25, -0.2) is 0 Å². The number of piperidine rings is 1. The molecule has 3 heterocycles. The summed E-state index contributed by atoms with van der Waals surface area (Å²) in [5.41, 5.74) is 1.27. The van der Waals surface area contributed by atoms with Gasteiger partial charge in [-0.2, -0.15) is 16.4 Å². The summed E-state index contributed by atoms with van der Waals surface area (Å²) in [7, 11) is 3.90. The molecule has 5 nitrogen and oxygen atoms in total. The number of aromatic nitrogens is 2. The second-order valence-corrected chi connectivity index (χ2v) is 6.32. The smallest absolute Gasteiger partial charge is 0.245 e. The van der Waals surface area contributed by atoms with Crippen LogP contribution in [0, 0.1) is 0 Å². The maximum atomic E-state index is 12.7. The van der Waals surface area contributed by atoms with Crippen LogP contribution in [0.15, 0.2) is 29.1 Å². The highest BCUT2D eigenvalue weighted by Gasteiger charge is 2.33. The molecule has 1 atom stereocenters. The Morgan fingerprint density at radius 2 is 2.33 bits per heavy atom. The molecule has 1 aliphatic rings. The van der Waals surface area contributed by atoms with Crippen LogP contribution in [-0.2, 0) is 18.4 Å². The summed E-state index contributed by atoms with van der Waals surface area (Å²) in [6.07, 6.45) is 3.81. The Morgan fingerprint density at radius 3 is 3.00 bits per heavy atom. The standard InChI is InChI=1S/C15H20N4OS/c1-17(10-12-6-9-21-11-12)13-4-3-7-19(15(13)20)14-5-8-18(2)16-14/h5-6,8-9,11,13H,3-4,7,10H2,1-2H3/t13-/m0/s1. The number of carbonyl (C=O) groups is 1. The van der Waals surface area contributed by atoms with Crippen LogP contribution in [0.2, 0.25) is 0 Å². The number of anilines is 1. The average molecular weight is 304 g/mol. The topological polar surface area (TPSA) is 41.4 Å². The molecule has 0 saturated carbocycles. The van der Waals surface area contributed by atoms with Crippen molar-refractivity contribution in [3.05, 3.63) is 34.7 Å². The predicted molar refractivity (Wildman–Crippen MR) is 84.4 cm³/mol. The number of likely N-dealkylation sites (N-methyl/N-ethyl adjacent to an activating group) is 1. The maximum Gasteiger partial charge on any atom is 0.245 e. The number of hydrogen-bond donors (Lipinski definition) is 0. The van der Waals surface area contributed by atoms with Crippen molar-refractivity contribution in [1.29, 1.82) is 0 Å². The molecule has 1 saturated heterocycles. The first kappa shape index (κ1) is 14.3. The van der Waals surface area contributed by atoms with Gasteiger partial charge < -0.3 is 0 Å². The van der Waals surface area contributed by atoms with Crippen molar-refractivity contribution in [2.45, 2.75) is 25.4 Å². The molecule has 0 N–H and O–H groups in total. The van der Waals surface area contributed by atoms with Gasteiger partial charge in [-0.1, -0.05) is 0 Å². The van der Waals surface area contributed by atoms with Crippen molar-refractivity contribution in [3.8, 4) is 0 Å². The molecule has 0 unspecified atom stereocenters. The molecule has 1 amide bonds. The molecule has 0 radical (unpaired) electrons. The van der Waals surface area contributed by atoms with Crippen LogP contribution in [0.25, 0.3) is 0 Å². The molecule has 1 fully saturated rings. The van der Waals surface area contributed by atoms with Crippen molar-refractivity contribution < 1.29 is 4.79 Å². The number of hydrogen-bond acceptors (Lipinski definition) is 4. The average Bonchev–Trinajstić information content (AvgIpc) is 3.10. The summed E-state index contributed by atoms with van der Waals surface area (Å²) >= 11 is 1.69. The minimum atomic E-state index is -0.0549. The monoisotopic (exact) mass is 304 g/mol. The molecule has 0 aliphatic carbocycles.